The first kappa shape index (κ1) is 26.3. The van der Waals surface area contributed by atoms with Crippen molar-refractivity contribution in [3.05, 3.63) is 58.5 Å². The van der Waals surface area contributed by atoms with Crippen molar-refractivity contribution in [1.29, 1.82) is 0 Å². The number of benzene rings is 2. The average Bonchev–Trinajstić information content (AvgIpc) is 3.18. The maximum absolute atomic E-state index is 13.7. The Kier molecular flexibility index (Phi) is 9.13. The number of thioether (sulfide) groups is 1. The van der Waals surface area contributed by atoms with Gasteiger partial charge >= 0.3 is 0 Å². The SMILES string of the molecule is CCOc1cc(/C=C2/SC(=Nc3ccccc3CC)N(C3CCCCC3)C2=O)ccc1OCC(C)C. The van der Waals surface area contributed by atoms with E-state index in [2.05, 4.69) is 26.8 Å². The molecule has 0 atom stereocenters. The molecule has 1 amide bonds. The Morgan fingerprint density at radius 1 is 1.06 bits per heavy atom. The molecule has 0 N–H and O–H groups in total. The molecule has 0 unspecified atom stereocenters. The number of aliphatic imine (C=N–C) groups is 1. The van der Waals surface area contributed by atoms with E-state index >= 15 is 0 Å². The zero-order valence-corrected chi connectivity index (χ0v) is 22.8. The third kappa shape index (κ3) is 6.33. The van der Waals surface area contributed by atoms with Crippen LogP contribution >= 0.6 is 11.8 Å². The number of ether oxygens (including phenoxy) is 2. The number of para-hydroxylation sites is 1. The van der Waals surface area contributed by atoms with Gasteiger partial charge in [-0.15, -0.1) is 0 Å². The van der Waals surface area contributed by atoms with Crippen molar-refractivity contribution in [1.82, 2.24) is 4.90 Å². The Labute approximate surface area is 220 Å². The van der Waals surface area contributed by atoms with E-state index in [0.29, 0.717) is 29.8 Å². The van der Waals surface area contributed by atoms with Gasteiger partial charge in [-0.2, -0.15) is 0 Å². The van der Waals surface area contributed by atoms with Gasteiger partial charge < -0.3 is 9.47 Å². The highest BCUT2D eigenvalue weighted by Crippen LogP contribution is 2.40. The quantitative estimate of drug-likeness (QED) is 0.328. The van der Waals surface area contributed by atoms with Gasteiger partial charge in [0.05, 0.1) is 23.8 Å². The lowest BCUT2D eigenvalue weighted by Crippen LogP contribution is -2.40. The van der Waals surface area contributed by atoms with E-state index in [1.807, 2.05) is 54.3 Å². The molecule has 0 spiro atoms. The molecule has 2 aliphatic rings. The van der Waals surface area contributed by atoms with Gasteiger partial charge in [0.25, 0.3) is 5.91 Å². The second kappa shape index (κ2) is 12.5. The Bertz CT molecular complexity index is 1120. The minimum Gasteiger partial charge on any atom is -0.490 e. The molecule has 192 valence electrons. The summed E-state index contributed by atoms with van der Waals surface area (Å²) in [6.45, 7) is 9.53. The number of carbonyl (C=O) groups excluding carboxylic acids is 1. The van der Waals surface area contributed by atoms with Gasteiger partial charge in [-0.25, -0.2) is 4.99 Å². The number of rotatable bonds is 9. The molecule has 36 heavy (non-hydrogen) atoms. The molecule has 1 aliphatic heterocycles. The molecule has 1 heterocycles. The number of amides is 1. The van der Waals surface area contributed by atoms with Crippen molar-refractivity contribution >= 4 is 34.6 Å². The zero-order valence-electron chi connectivity index (χ0n) is 22.0. The molecule has 4 rings (SSSR count). The molecular formula is C30H38N2O3S. The minimum absolute atomic E-state index is 0.0534. The average molecular weight is 507 g/mol. The second-order valence-electron chi connectivity index (χ2n) is 9.80. The summed E-state index contributed by atoms with van der Waals surface area (Å²) < 4.78 is 11.8. The van der Waals surface area contributed by atoms with Gasteiger partial charge in [0.2, 0.25) is 0 Å². The van der Waals surface area contributed by atoms with Crippen LogP contribution < -0.4 is 9.47 Å². The van der Waals surface area contributed by atoms with Crippen LogP contribution in [0.25, 0.3) is 6.08 Å². The smallest absolute Gasteiger partial charge is 0.267 e. The van der Waals surface area contributed by atoms with Crippen molar-refractivity contribution < 1.29 is 14.3 Å². The summed E-state index contributed by atoms with van der Waals surface area (Å²) in [5.41, 5.74) is 3.06. The Morgan fingerprint density at radius 3 is 2.56 bits per heavy atom. The molecule has 2 fully saturated rings. The standard InChI is InChI=1S/C30H38N2O3S/c1-5-23-12-10-11-15-25(23)31-30-32(24-13-8-7-9-14-24)29(33)28(36-30)19-22-16-17-26(35-20-21(3)4)27(18-22)34-6-2/h10-12,15-19,21,24H,5-9,13-14,20H2,1-4H3/b28-19+,31-30?. The molecule has 2 aromatic carbocycles. The molecule has 0 aromatic heterocycles. The monoisotopic (exact) mass is 506 g/mol. The fourth-order valence-corrected chi connectivity index (χ4v) is 5.71. The Morgan fingerprint density at radius 2 is 1.83 bits per heavy atom. The van der Waals surface area contributed by atoms with Crippen LogP contribution in [0.2, 0.25) is 0 Å². The highest BCUT2D eigenvalue weighted by molar-refractivity contribution is 8.18. The van der Waals surface area contributed by atoms with Crippen LogP contribution in [0.15, 0.2) is 52.4 Å². The number of aryl methyl sites for hydroxylation is 1. The lowest BCUT2D eigenvalue weighted by Gasteiger charge is -2.30. The van der Waals surface area contributed by atoms with Gasteiger partial charge in [-0.05, 0) is 79.3 Å². The lowest BCUT2D eigenvalue weighted by molar-refractivity contribution is -0.124. The van der Waals surface area contributed by atoms with E-state index in [9.17, 15) is 4.79 Å². The van der Waals surface area contributed by atoms with Crippen molar-refractivity contribution in [2.75, 3.05) is 13.2 Å². The second-order valence-corrected chi connectivity index (χ2v) is 10.8. The molecule has 2 aromatic rings. The molecule has 1 saturated carbocycles. The largest absolute Gasteiger partial charge is 0.490 e. The van der Waals surface area contributed by atoms with Crippen LogP contribution in [-0.2, 0) is 11.2 Å². The van der Waals surface area contributed by atoms with Crippen molar-refractivity contribution in [3.63, 3.8) is 0 Å². The summed E-state index contributed by atoms with van der Waals surface area (Å²) in [5, 5.41) is 0.793. The number of carbonyl (C=O) groups is 1. The van der Waals surface area contributed by atoms with Crippen LogP contribution in [0, 0.1) is 5.92 Å². The molecular weight excluding hydrogens is 468 g/mol. The van der Waals surface area contributed by atoms with Crippen LogP contribution in [0.4, 0.5) is 5.69 Å². The lowest BCUT2D eigenvalue weighted by atomic mass is 9.94. The first-order valence-corrected chi connectivity index (χ1v) is 14.1. The van der Waals surface area contributed by atoms with E-state index in [-0.39, 0.29) is 11.9 Å². The van der Waals surface area contributed by atoms with Crippen LogP contribution in [-0.4, -0.2) is 35.2 Å². The number of hydrogen-bond acceptors (Lipinski definition) is 5. The van der Waals surface area contributed by atoms with Gasteiger partial charge in [0.15, 0.2) is 16.7 Å². The summed E-state index contributed by atoms with van der Waals surface area (Å²) in [4.78, 5) is 21.4. The van der Waals surface area contributed by atoms with Crippen molar-refractivity contribution in [2.45, 2.75) is 72.3 Å². The third-order valence-corrected chi connectivity index (χ3v) is 7.49. The highest BCUT2D eigenvalue weighted by Gasteiger charge is 2.38. The van der Waals surface area contributed by atoms with Crippen LogP contribution in [0.3, 0.4) is 0 Å². The summed E-state index contributed by atoms with van der Waals surface area (Å²) >= 11 is 1.48. The van der Waals surface area contributed by atoms with Crippen molar-refractivity contribution in [3.8, 4) is 11.5 Å². The van der Waals surface area contributed by atoms with Gasteiger partial charge in [-0.3, -0.25) is 9.69 Å². The molecule has 0 radical (unpaired) electrons. The normalized spacial score (nSPS) is 19.0. The summed E-state index contributed by atoms with van der Waals surface area (Å²) in [7, 11) is 0. The van der Waals surface area contributed by atoms with Gasteiger partial charge in [-0.1, -0.05) is 64.3 Å². The fourth-order valence-electron chi connectivity index (χ4n) is 4.66. The molecule has 0 bridgehead atoms. The highest BCUT2D eigenvalue weighted by atomic mass is 32.2. The third-order valence-electron chi connectivity index (χ3n) is 6.50. The summed E-state index contributed by atoms with van der Waals surface area (Å²) in [5.74, 6) is 1.92. The summed E-state index contributed by atoms with van der Waals surface area (Å²) in [6.07, 6.45) is 8.49. The van der Waals surface area contributed by atoms with E-state index in [1.165, 1.54) is 23.7 Å². The predicted octanol–water partition coefficient (Wildman–Crippen LogP) is 7.62. The van der Waals surface area contributed by atoms with Crippen LogP contribution in [0.5, 0.6) is 11.5 Å². The molecule has 6 heteroatoms. The van der Waals surface area contributed by atoms with Crippen molar-refractivity contribution in [2.24, 2.45) is 10.9 Å². The number of nitrogens with zero attached hydrogens (tertiary/aromatic N) is 2. The van der Waals surface area contributed by atoms with E-state index in [0.717, 1.165) is 54.3 Å². The Hall–Kier alpha value is -2.73. The maximum atomic E-state index is 13.7. The minimum atomic E-state index is 0.0534. The van der Waals surface area contributed by atoms with Crippen LogP contribution in [0.1, 0.15) is 70.9 Å². The summed E-state index contributed by atoms with van der Waals surface area (Å²) in [6, 6.07) is 14.3. The van der Waals surface area contributed by atoms with E-state index in [4.69, 9.17) is 14.5 Å². The predicted molar refractivity (Wildman–Crippen MR) is 150 cm³/mol. The first-order chi connectivity index (χ1) is 17.5. The number of hydrogen-bond donors (Lipinski definition) is 0. The first-order valence-electron chi connectivity index (χ1n) is 13.3. The topological polar surface area (TPSA) is 51.1 Å². The number of amidine groups is 1. The van der Waals surface area contributed by atoms with Gasteiger partial charge in [0.1, 0.15) is 0 Å². The van der Waals surface area contributed by atoms with E-state index < -0.39 is 0 Å². The zero-order chi connectivity index (χ0) is 25.5. The van der Waals surface area contributed by atoms with Gasteiger partial charge in [0, 0.05) is 6.04 Å². The van der Waals surface area contributed by atoms with E-state index in [1.54, 1.807) is 0 Å². The Balaban J connectivity index is 1.67. The molecule has 1 aliphatic carbocycles. The maximum Gasteiger partial charge on any atom is 0.267 e. The molecule has 1 saturated heterocycles. The fraction of sp³-hybridized carbons (Fsp3) is 0.467. The molecule has 5 nitrogen and oxygen atoms in total.